The van der Waals surface area contributed by atoms with Gasteiger partial charge >= 0.3 is 6.18 Å². The SMILES string of the molecule is CCCCOc1ccc(-c2cc(C(F)(F)F)c(C#N)c(SCC(=O)Nc3ccc(F)cc3)n2)cc1. The van der Waals surface area contributed by atoms with Crippen LogP contribution in [0.4, 0.5) is 23.2 Å². The molecule has 0 aliphatic carbocycles. The number of nitrogens with one attached hydrogen (secondary N) is 1. The lowest BCUT2D eigenvalue weighted by molar-refractivity contribution is -0.138. The molecule has 2 aromatic carbocycles. The first kappa shape index (κ1) is 26.0. The normalized spacial score (nSPS) is 11.1. The number of aromatic nitrogens is 1. The molecule has 35 heavy (non-hydrogen) atoms. The number of halogens is 4. The summed E-state index contributed by atoms with van der Waals surface area (Å²) in [6.07, 6.45) is -2.95. The third-order valence-corrected chi connectivity index (χ3v) is 5.76. The van der Waals surface area contributed by atoms with E-state index in [9.17, 15) is 27.6 Å². The van der Waals surface area contributed by atoms with Crippen molar-refractivity contribution in [1.29, 1.82) is 5.26 Å². The van der Waals surface area contributed by atoms with E-state index >= 15 is 0 Å². The molecule has 182 valence electrons. The van der Waals surface area contributed by atoms with E-state index in [1.165, 1.54) is 12.1 Å². The molecule has 0 aliphatic heterocycles. The number of thioether (sulfide) groups is 1. The minimum Gasteiger partial charge on any atom is -0.494 e. The van der Waals surface area contributed by atoms with Crippen molar-refractivity contribution in [3.05, 3.63) is 71.5 Å². The second kappa shape index (κ2) is 11.7. The zero-order valence-electron chi connectivity index (χ0n) is 18.7. The number of hydrogen-bond donors (Lipinski definition) is 1. The number of nitrogens with zero attached hydrogens (tertiary/aromatic N) is 2. The largest absolute Gasteiger partial charge is 0.494 e. The van der Waals surface area contributed by atoms with Crippen molar-refractivity contribution >= 4 is 23.4 Å². The van der Waals surface area contributed by atoms with Gasteiger partial charge in [-0.25, -0.2) is 9.37 Å². The molecule has 0 saturated heterocycles. The average Bonchev–Trinajstić information content (AvgIpc) is 2.83. The van der Waals surface area contributed by atoms with Crippen LogP contribution >= 0.6 is 11.8 Å². The van der Waals surface area contributed by atoms with Crippen molar-refractivity contribution < 1.29 is 27.1 Å². The molecule has 1 heterocycles. The molecule has 3 rings (SSSR count). The Bertz CT molecular complexity index is 1210. The highest BCUT2D eigenvalue weighted by Gasteiger charge is 2.36. The molecule has 0 fully saturated rings. The van der Waals surface area contributed by atoms with Gasteiger partial charge in [0.2, 0.25) is 5.91 Å². The Hall–Kier alpha value is -3.58. The number of benzene rings is 2. The number of alkyl halides is 3. The minimum absolute atomic E-state index is 0.0119. The molecule has 0 spiro atoms. The quantitative estimate of drug-likeness (QED) is 0.200. The van der Waals surface area contributed by atoms with Gasteiger partial charge < -0.3 is 10.1 Å². The molecule has 1 aromatic heterocycles. The number of anilines is 1. The smallest absolute Gasteiger partial charge is 0.417 e. The van der Waals surface area contributed by atoms with Crippen molar-refractivity contribution in [3.63, 3.8) is 0 Å². The van der Waals surface area contributed by atoms with Gasteiger partial charge in [0, 0.05) is 11.3 Å². The highest BCUT2D eigenvalue weighted by Crippen LogP contribution is 2.38. The fraction of sp³-hybridized carbons (Fsp3) is 0.240. The first-order valence-corrected chi connectivity index (χ1v) is 11.6. The fourth-order valence-corrected chi connectivity index (χ4v) is 3.83. The molecule has 0 aliphatic rings. The third kappa shape index (κ3) is 7.20. The lowest BCUT2D eigenvalue weighted by Gasteiger charge is -2.14. The Labute approximate surface area is 204 Å². The van der Waals surface area contributed by atoms with E-state index in [0.29, 0.717) is 35.4 Å². The zero-order valence-corrected chi connectivity index (χ0v) is 19.5. The predicted octanol–water partition coefficient (Wildman–Crippen LogP) is 6.69. The Morgan fingerprint density at radius 2 is 1.83 bits per heavy atom. The van der Waals surface area contributed by atoms with Crippen LogP contribution in [0.1, 0.15) is 30.9 Å². The first-order valence-electron chi connectivity index (χ1n) is 10.6. The fourth-order valence-electron chi connectivity index (χ4n) is 3.03. The molecular weight excluding hydrogens is 482 g/mol. The highest BCUT2D eigenvalue weighted by molar-refractivity contribution is 8.00. The molecule has 0 saturated carbocycles. The van der Waals surface area contributed by atoms with Gasteiger partial charge in [0.05, 0.1) is 29.2 Å². The molecule has 0 radical (unpaired) electrons. The van der Waals surface area contributed by atoms with Crippen molar-refractivity contribution in [2.75, 3.05) is 17.7 Å². The van der Waals surface area contributed by atoms with Crippen LogP contribution in [0.2, 0.25) is 0 Å². The van der Waals surface area contributed by atoms with E-state index in [1.54, 1.807) is 30.3 Å². The van der Waals surface area contributed by atoms with Crippen LogP contribution in [0.25, 0.3) is 11.3 Å². The summed E-state index contributed by atoms with van der Waals surface area (Å²) in [5.41, 5.74) is -1.04. The van der Waals surface area contributed by atoms with E-state index in [0.717, 1.165) is 31.0 Å². The zero-order chi connectivity index (χ0) is 25.4. The van der Waals surface area contributed by atoms with Crippen molar-refractivity contribution in [1.82, 2.24) is 4.98 Å². The van der Waals surface area contributed by atoms with Crippen LogP contribution < -0.4 is 10.1 Å². The van der Waals surface area contributed by atoms with Gasteiger partial charge in [0.25, 0.3) is 0 Å². The maximum Gasteiger partial charge on any atom is 0.417 e. The van der Waals surface area contributed by atoms with Gasteiger partial charge in [-0.05, 0) is 61.0 Å². The maximum atomic E-state index is 13.7. The molecular formula is C25H21F4N3O2S. The van der Waals surface area contributed by atoms with E-state index in [2.05, 4.69) is 10.3 Å². The van der Waals surface area contributed by atoms with Crippen LogP contribution in [0, 0.1) is 17.1 Å². The van der Waals surface area contributed by atoms with Gasteiger partial charge in [-0.1, -0.05) is 25.1 Å². The highest BCUT2D eigenvalue weighted by atomic mass is 32.2. The number of ether oxygens (including phenoxy) is 1. The van der Waals surface area contributed by atoms with Gasteiger partial charge in [0.15, 0.2) is 0 Å². The standard InChI is InChI=1S/C25H21F4N3O2S/c1-2-3-12-34-19-10-4-16(5-11-19)22-13-21(25(27,28)29)20(14-30)24(32-22)35-15-23(33)31-18-8-6-17(26)7-9-18/h4-11,13H,2-3,12,15H2,1H3,(H,31,33). The Morgan fingerprint density at radius 1 is 1.14 bits per heavy atom. The number of unbranched alkanes of at least 4 members (excludes halogenated alkanes) is 1. The van der Waals surface area contributed by atoms with Gasteiger partial charge in [-0.15, -0.1) is 0 Å². The van der Waals surface area contributed by atoms with Crippen molar-refractivity contribution in [2.45, 2.75) is 31.0 Å². The van der Waals surface area contributed by atoms with Gasteiger partial charge in [-0.3, -0.25) is 4.79 Å². The van der Waals surface area contributed by atoms with E-state index in [4.69, 9.17) is 4.74 Å². The van der Waals surface area contributed by atoms with Crippen molar-refractivity contribution in [2.24, 2.45) is 0 Å². The molecule has 0 bridgehead atoms. The van der Waals surface area contributed by atoms with E-state index in [1.807, 2.05) is 6.92 Å². The van der Waals surface area contributed by atoms with Crippen LogP contribution in [-0.4, -0.2) is 23.3 Å². The molecule has 5 nitrogen and oxygen atoms in total. The number of carbonyl (C=O) groups excluding carboxylic acids is 1. The number of nitriles is 1. The first-order chi connectivity index (χ1) is 16.7. The summed E-state index contributed by atoms with van der Waals surface area (Å²) in [5, 5.41) is 11.7. The maximum absolute atomic E-state index is 13.7. The number of hydrogen-bond acceptors (Lipinski definition) is 5. The Kier molecular flexibility index (Phi) is 8.71. The number of carbonyl (C=O) groups is 1. The van der Waals surface area contributed by atoms with Gasteiger partial charge in [-0.2, -0.15) is 18.4 Å². The molecule has 1 amide bonds. The summed E-state index contributed by atoms with van der Waals surface area (Å²) in [6.45, 7) is 2.56. The van der Waals surface area contributed by atoms with Crippen LogP contribution in [0.15, 0.2) is 59.6 Å². The Morgan fingerprint density at radius 3 is 2.43 bits per heavy atom. The monoisotopic (exact) mass is 503 g/mol. The Balaban J connectivity index is 1.86. The van der Waals surface area contributed by atoms with E-state index < -0.39 is 29.0 Å². The van der Waals surface area contributed by atoms with Crippen LogP contribution in [-0.2, 0) is 11.0 Å². The number of rotatable bonds is 9. The molecule has 1 N–H and O–H groups in total. The molecule has 0 unspecified atom stereocenters. The summed E-state index contributed by atoms with van der Waals surface area (Å²) in [4.78, 5) is 16.5. The number of amides is 1. The number of pyridine rings is 1. The summed E-state index contributed by atoms with van der Waals surface area (Å²) in [5.74, 6) is -0.736. The summed E-state index contributed by atoms with van der Waals surface area (Å²) in [7, 11) is 0. The molecule has 10 heteroatoms. The lowest BCUT2D eigenvalue weighted by atomic mass is 10.1. The predicted molar refractivity (Wildman–Crippen MR) is 126 cm³/mol. The second-order valence-electron chi connectivity index (χ2n) is 7.41. The van der Waals surface area contributed by atoms with E-state index in [-0.39, 0.29) is 16.5 Å². The lowest BCUT2D eigenvalue weighted by Crippen LogP contribution is -2.15. The molecule has 0 atom stereocenters. The minimum atomic E-state index is -4.79. The average molecular weight is 504 g/mol. The molecule has 3 aromatic rings. The topological polar surface area (TPSA) is 75.0 Å². The summed E-state index contributed by atoms with van der Waals surface area (Å²) >= 11 is 0.714. The van der Waals surface area contributed by atoms with Crippen LogP contribution in [0.5, 0.6) is 5.75 Å². The summed E-state index contributed by atoms with van der Waals surface area (Å²) in [6, 6.07) is 13.9. The van der Waals surface area contributed by atoms with Gasteiger partial charge in [0.1, 0.15) is 22.7 Å². The van der Waals surface area contributed by atoms with Crippen molar-refractivity contribution in [3.8, 4) is 23.1 Å². The second-order valence-corrected chi connectivity index (χ2v) is 8.38. The third-order valence-electron chi connectivity index (χ3n) is 4.79. The van der Waals surface area contributed by atoms with Crippen LogP contribution in [0.3, 0.4) is 0 Å². The summed E-state index contributed by atoms with van der Waals surface area (Å²) < 4.78 is 59.9.